The molecular weight excluding hydrogens is 552 g/mol. The Morgan fingerprint density at radius 3 is 2.30 bits per heavy atom. The normalized spacial score (nSPS) is 40.0. The summed E-state index contributed by atoms with van der Waals surface area (Å²) in [6.07, 6.45) is 13.2. The van der Waals surface area contributed by atoms with Gasteiger partial charge >= 0.3 is 0 Å². The molecule has 0 amide bonds. The summed E-state index contributed by atoms with van der Waals surface area (Å²) in [4.78, 5) is 29.6. The number of hydrogen-bond acceptors (Lipinski definition) is 5. The van der Waals surface area contributed by atoms with Crippen LogP contribution in [-0.2, 0) is 20.6 Å². The third-order valence-corrected chi connectivity index (χ3v) is 13.9. The topological polar surface area (TPSA) is 82.7 Å². The molecule has 3 saturated carbocycles. The third kappa shape index (κ3) is 3.78. The van der Waals surface area contributed by atoms with Gasteiger partial charge in [-0.05, 0) is 98.5 Å². The molecule has 1 N–H and O–H groups in total. The number of ether oxygens (including phenoxy) is 2. The number of nitrogens with zero attached hydrogens (tertiary/aromatic N) is 2. The van der Waals surface area contributed by atoms with Gasteiger partial charge in [0.2, 0.25) is 0 Å². The van der Waals surface area contributed by atoms with Gasteiger partial charge in [-0.3, -0.25) is 9.59 Å². The third-order valence-electron chi connectivity index (χ3n) is 13.9. The van der Waals surface area contributed by atoms with Crippen LogP contribution in [0, 0.1) is 40.4 Å². The molecule has 0 saturated heterocycles. The molecule has 2 spiro atoms. The second-order valence-corrected chi connectivity index (χ2v) is 16.0. The quantitative estimate of drug-likeness (QED) is 0.287. The minimum atomic E-state index is -0.637. The van der Waals surface area contributed by atoms with Crippen molar-refractivity contribution in [1.29, 1.82) is 0 Å². The molecule has 6 aliphatic rings. The maximum Gasteiger partial charge on any atom is 0.274 e. The van der Waals surface area contributed by atoms with Gasteiger partial charge < -0.3 is 14.6 Å². The van der Waals surface area contributed by atoms with E-state index in [1.165, 1.54) is 0 Å². The molecule has 0 radical (unpaired) electrons. The fourth-order valence-corrected chi connectivity index (χ4v) is 11.7. The molecule has 2 aromatic rings. The Balaban J connectivity index is 1.41. The van der Waals surface area contributed by atoms with Crippen LogP contribution in [0.3, 0.4) is 0 Å². The molecule has 3 fully saturated rings. The predicted octanol–water partition coefficient (Wildman–Crippen LogP) is 6.19. The summed E-state index contributed by atoms with van der Waals surface area (Å²) in [5.41, 5.74) is -1.41. The summed E-state index contributed by atoms with van der Waals surface area (Å²) in [6.45, 7) is 11.7. The molecule has 7 heteroatoms. The molecule has 2 aliphatic heterocycles. The Bertz CT molecular complexity index is 1590. The largest absolute Gasteiger partial charge is 0.393 e. The smallest absolute Gasteiger partial charge is 0.274 e. The molecule has 240 valence electrons. The fraction of sp³-hybridized carbons (Fsp3) is 0.730. The van der Waals surface area contributed by atoms with E-state index < -0.39 is 11.1 Å². The monoisotopic (exact) mass is 604 g/mol. The minimum Gasteiger partial charge on any atom is -0.393 e. The Morgan fingerprint density at radius 1 is 0.909 bits per heavy atom. The summed E-state index contributed by atoms with van der Waals surface area (Å²) < 4.78 is 15.4. The van der Waals surface area contributed by atoms with Gasteiger partial charge in [-0.1, -0.05) is 58.9 Å². The summed E-state index contributed by atoms with van der Waals surface area (Å²) in [5.74, 6) is 1.80. The van der Waals surface area contributed by atoms with E-state index in [4.69, 9.17) is 9.47 Å². The number of aliphatic hydroxyl groups excluding tert-OH is 1. The lowest BCUT2D eigenvalue weighted by atomic mass is 9.40. The van der Waals surface area contributed by atoms with Crippen molar-refractivity contribution < 1.29 is 14.6 Å². The van der Waals surface area contributed by atoms with Crippen molar-refractivity contribution in [1.82, 2.24) is 9.36 Å². The highest BCUT2D eigenvalue weighted by Gasteiger charge is 2.74. The van der Waals surface area contributed by atoms with Crippen LogP contribution in [0.1, 0.15) is 92.4 Å². The van der Waals surface area contributed by atoms with Crippen LogP contribution in [0.5, 0.6) is 0 Å². The van der Waals surface area contributed by atoms with Crippen LogP contribution < -0.4 is 11.1 Å². The van der Waals surface area contributed by atoms with Crippen LogP contribution >= 0.6 is 0 Å². The van der Waals surface area contributed by atoms with E-state index in [0.29, 0.717) is 29.0 Å². The van der Waals surface area contributed by atoms with Gasteiger partial charge in [-0.25, -0.2) is 9.36 Å². The minimum absolute atomic E-state index is 0.0308. The average molecular weight is 605 g/mol. The number of benzene rings is 1. The number of aromatic nitrogens is 2. The fourth-order valence-electron chi connectivity index (χ4n) is 11.7. The van der Waals surface area contributed by atoms with E-state index >= 15 is 0 Å². The van der Waals surface area contributed by atoms with E-state index in [2.05, 4.69) is 46.8 Å². The van der Waals surface area contributed by atoms with E-state index in [0.717, 1.165) is 51.4 Å². The van der Waals surface area contributed by atoms with E-state index in [1.807, 2.05) is 33.6 Å². The van der Waals surface area contributed by atoms with Crippen LogP contribution in [0.15, 0.2) is 46.0 Å². The molecule has 1 aromatic carbocycles. The van der Waals surface area contributed by atoms with Gasteiger partial charge in [-0.15, -0.1) is 0 Å². The lowest BCUT2D eigenvalue weighted by Gasteiger charge is -2.72. The highest BCUT2D eigenvalue weighted by Crippen LogP contribution is 2.74. The lowest BCUT2D eigenvalue weighted by Crippen LogP contribution is -2.78. The standard InChI is InChI=1S/C37H52N2O5/c1-23(2)29(40)13-11-24(3)28-12-14-30-34(28,4)17-16-31-35(5)18-15-25(44-22-43-6)21-36(35)19-20-37(30,31)39-33(42)27-10-8-7-9-26(27)32(41)38(36)39/h7-10,19-20,23-25,28-31,40H,11-18,21-22H2,1-6H3/t24-,25?,28-,29?,30-,31-,34-,35-,36?,37?/m1/s1. The van der Waals surface area contributed by atoms with E-state index in [-0.39, 0.29) is 58.7 Å². The van der Waals surface area contributed by atoms with Crippen molar-refractivity contribution in [3.8, 4) is 0 Å². The van der Waals surface area contributed by atoms with Gasteiger partial charge in [0.05, 0.1) is 34.1 Å². The first-order valence-electron chi connectivity index (χ1n) is 17.2. The molecule has 10 atom stereocenters. The predicted molar refractivity (Wildman–Crippen MR) is 173 cm³/mol. The molecule has 4 unspecified atom stereocenters. The number of aliphatic hydroxyl groups is 1. The van der Waals surface area contributed by atoms with Gasteiger partial charge in [0.15, 0.2) is 0 Å². The molecular formula is C37H52N2O5. The Morgan fingerprint density at radius 2 is 1.61 bits per heavy atom. The Kier molecular flexibility index (Phi) is 7.19. The van der Waals surface area contributed by atoms with Crippen LogP contribution in [0.25, 0.3) is 10.8 Å². The molecule has 8 rings (SSSR count). The number of methoxy groups -OCH3 is 1. The van der Waals surface area contributed by atoms with Crippen LogP contribution in [0.4, 0.5) is 0 Å². The van der Waals surface area contributed by atoms with Gasteiger partial charge in [0, 0.05) is 18.9 Å². The molecule has 44 heavy (non-hydrogen) atoms. The maximum absolute atomic E-state index is 14.8. The summed E-state index contributed by atoms with van der Waals surface area (Å²) in [6, 6.07) is 7.42. The first-order chi connectivity index (χ1) is 21.0. The zero-order valence-corrected chi connectivity index (χ0v) is 27.6. The van der Waals surface area contributed by atoms with Crippen molar-refractivity contribution >= 4 is 10.8 Å². The molecule has 3 heterocycles. The van der Waals surface area contributed by atoms with Crippen molar-refractivity contribution in [2.75, 3.05) is 13.9 Å². The van der Waals surface area contributed by atoms with Crippen LogP contribution in [0.2, 0.25) is 0 Å². The molecule has 7 nitrogen and oxygen atoms in total. The van der Waals surface area contributed by atoms with Gasteiger partial charge in [0.1, 0.15) is 6.79 Å². The second-order valence-electron chi connectivity index (χ2n) is 16.0. The summed E-state index contributed by atoms with van der Waals surface area (Å²) in [7, 11) is 1.65. The number of fused-ring (bicyclic) bond motifs is 2. The number of hydrogen-bond donors (Lipinski definition) is 1. The van der Waals surface area contributed by atoms with Crippen molar-refractivity contribution in [2.24, 2.45) is 40.4 Å². The average Bonchev–Trinajstić information content (AvgIpc) is 3.38. The van der Waals surface area contributed by atoms with Crippen molar-refractivity contribution in [3.05, 3.63) is 57.1 Å². The Hall–Kier alpha value is -2.22. The first kappa shape index (κ1) is 30.4. The zero-order chi connectivity index (χ0) is 31.2. The summed E-state index contributed by atoms with van der Waals surface area (Å²) >= 11 is 0. The van der Waals surface area contributed by atoms with Gasteiger partial charge in [-0.2, -0.15) is 0 Å². The lowest BCUT2D eigenvalue weighted by molar-refractivity contribution is -0.212. The molecule has 2 bridgehead atoms. The molecule has 4 aliphatic carbocycles. The highest BCUT2D eigenvalue weighted by molar-refractivity contribution is 5.80. The maximum atomic E-state index is 14.8. The first-order valence-corrected chi connectivity index (χ1v) is 17.2. The van der Waals surface area contributed by atoms with Crippen molar-refractivity contribution in [2.45, 2.75) is 116 Å². The van der Waals surface area contributed by atoms with Crippen molar-refractivity contribution in [3.63, 3.8) is 0 Å². The summed E-state index contributed by atoms with van der Waals surface area (Å²) in [5, 5.41) is 11.7. The zero-order valence-electron chi connectivity index (χ0n) is 27.6. The number of allylic oxidation sites excluding steroid dienone is 2. The van der Waals surface area contributed by atoms with E-state index in [9.17, 15) is 14.7 Å². The van der Waals surface area contributed by atoms with Gasteiger partial charge in [0.25, 0.3) is 11.1 Å². The number of rotatable bonds is 8. The van der Waals surface area contributed by atoms with Crippen LogP contribution in [-0.4, -0.2) is 40.6 Å². The highest BCUT2D eigenvalue weighted by atomic mass is 16.7. The SMILES string of the molecule is COCOC1CC[C@]2(C)[C@H]3CC[C@]4(C)[C@@H]([C@H](C)CCC(O)C(C)C)CC[C@H]4C34C=CC2(C1)n1c(=O)c2ccccc2c(=O)n14. The van der Waals surface area contributed by atoms with E-state index in [1.54, 1.807) is 7.11 Å². The second kappa shape index (κ2) is 10.4. The Labute approximate surface area is 261 Å². The molecule has 1 aromatic heterocycles.